The Morgan fingerprint density at radius 2 is 2.06 bits per heavy atom. The number of aliphatic hydroxyl groups excluding tert-OH is 1. The molecular formula is C13H17FO3S. The highest BCUT2D eigenvalue weighted by Crippen LogP contribution is 2.32. The summed E-state index contributed by atoms with van der Waals surface area (Å²) in [5.41, 5.74) is 0. The van der Waals surface area contributed by atoms with Gasteiger partial charge in [0.2, 0.25) is 0 Å². The summed E-state index contributed by atoms with van der Waals surface area (Å²) in [7, 11) is -3.66. The van der Waals surface area contributed by atoms with Gasteiger partial charge in [0.1, 0.15) is 5.82 Å². The summed E-state index contributed by atoms with van der Waals surface area (Å²) in [4.78, 5) is -0.0411. The third-order valence-corrected chi connectivity index (χ3v) is 5.76. The molecule has 18 heavy (non-hydrogen) atoms. The second kappa shape index (κ2) is 4.97. The SMILES string of the molecule is CC1CCC(O)C(S(=O)(=O)c2cccc(F)c2)C1. The van der Waals surface area contributed by atoms with Crippen LogP contribution in [0, 0.1) is 11.7 Å². The van der Waals surface area contributed by atoms with E-state index in [1.807, 2.05) is 6.92 Å². The Bertz CT molecular complexity index is 527. The first-order valence-corrected chi connectivity index (χ1v) is 7.63. The lowest BCUT2D eigenvalue weighted by Crippen LogP contribution is -2.39. The normalized spacial score (nSPS) is 29.2. The molecule has 1 N–H and O–H groups in total. The minimum Gasteiger partial charge on any atom is -0.392 e. The third-order valence-electron chi connectivity index (χ3n) is 3.54. The lowest BCUT2D eigenvalue weighted by atomic mass is 9.88. The molecular weight excluding hydrogens is 255 g/mol. The van der Waals surface area contributed by atoms with Gasteiger partial charge in [-0.3, -0.25) is 0 Å². The number of benzene rings is 1. The molecule has 3 nitrogen and oxygen atoms in total. The number of halogens is 1. The van der Waals surface area contributed by atoms with Gasteiger partial charge in [0.05, 0.1) is 16.2 Å². The number of sulfone groups is 1. The molecule has 0 amide bonds. The Hall–Kier alpha value is -0.940. The van der Waals surface area contributed by atoms with Crippen LogP contribution >= 0.6 is 0 Å². The van der Waals surface area contributed by atoms with Crippen LogP contribution in [0.25, 0.3) is 0 Å². The summed E-state index contributed by atoms with van der Waals surface area (Å²) in [5, 5.41) is 9.06. The third kappa shape index (κ3) is 2.57. The molecule has 3 unspecified atom stereocenters. The van der Waals surface area contributed by atoms with Crippen LogP contribution in [0.5, 0.6) is 0 Å². The van der Waals surface area contributed by atoms with Crippen LogP contribution in [-0.2, 0) is 9.84 Å². The van der Waals surface area contributed by atoms with E-state index in [1.54, 1.807) is 0 Å². The van der Waals surface area contributed by atoms with E-state index in [4.69, 9.17) is 0 Å². The summed E-state index contributed by atoms with van der Waals surface area (Å²) in [6, 6.07) is 4.98. The molecule has 100 valence electrons. The number of aliphatic hydroxyl groups is 1. The smallest absolute Gasteiger partial charge is 0.183 e. The Morgan fingerprint density at radius 3 is 2.72 bits per heavy atom. The molecule has 0 bridgehead atoms. The summed E-state index contributed by atoms with van der Waals surface area (Å²) in [6.45, 7) is 1.97. The van der Waals surface area contributed by atoms with E-state index in [-0.39, 0.29) is 10.8 Å². The molecule has 0 spiro atoms. The van der Waals surface area contributed by atoms with Crippen molar-refractivity contribution < 1.29 is 17.9 Å². The molecule has 0 saturated heterocycles. The van der Waals surface area contributed by atoms with Crippen molar-refractivity contribution in [2.24, 2.45) is 5.92 Å². The van der Waals surface area contributed by atoms with Crippen LogP contribution in [0.1, 0.15) is 26.2 Å². The molecule has 1 aromatic carbocycles. The molecule has 1 aliphatic rings. The maximum Gasteiger partial charge on any atom is 0.183 e. The Morgan fingerprint density at radius 1 is 1.33 bits per heavy atom. The summed E-state index contributed by atoms with van der Waals surface area (Å²) in [5.74, 6) is -0.309. The molecule has 0 aromatic heterocycles. The van der Waals surface area contributed by atoms with Gasteiger partial charge in [-0.2, -0.15) is 0 Å². The first-order valence-electron chi connectivity index (χ1n) is 6.09. The van der Waals surface area contributed by atoms with Gasteiger partial charge in [-0.15, -0.1) is 0 Å². The summed E-state index contributed by atoms with van der Waals surface area (Å²) in [6.07, 6.45) is 0.894. The Labute approximate surface area is 107 Å². The van der Waals surface area contributed by atoms with Gasteiger partial charge in [-0.1, -0.05) is 13.0 Å². The van der Waals surface area contributed by atoms with E-state index >= 15 is 0 Å². The maximum absolute atomic E-state index is 13.1. The van der Waals surface area contributed by atoms with Gasteiger partial charge < -0.3 is 5.11 Å². The van der Waals surface area contributed by atoms with E-state index in [2.05, 4.69) is 0 Å². The van der Waals surface area contributed by atoms with E-state index in [1.165, 1.54) is 18.2 Å². The van der Waals surface area contributed by atoms with Crippen molar-refractivity contribution in [3.8, 4) is 0 Å². The van der Waals surface area contributed by atoms with E-state index in [0.29, 0.717) is 12.8 Å². The molecule has 1 aliphatic carbocycles. The standard InChI is InChI=1S/C13H17FO3S/c1-9-5-6-12(15)13(7-9)18(16,17)11-4-2-3-10(14)8-11/h2-4,8-9,12-13,15H,5-7H2,1H3. The summed E-state index contributed by atoms with van der Waals surface area (Å²) < 4.78 is 37.8. The van der Waals surface area contributed by atoms with E-state index < -0.39 is 27.0 Å². The quantitative estimate of drug-likeness (QED) is 0.897. The van der Waals surface area contributed by atoms with Crippen LogP contribution in [0.4, 0.5) is 4.39 Å². The molecule has 1 fully saturated rings. The molecule has 0 heterocycles. The van der Waals surface area contributed by atoms with E-state index in [9.17, 15) is 17.9 Å². The Balaban J connectivity index is 2.35. The van der Waals surface area contributed by atoms with E-state index in [0.717, 1.165) is 12.5 Å². The molecule has 0 radical (unpaired) electrons. The topological polar surface area (TPSA) is 54.4 Å². The van der Waals surface area contributed by atoms with Gasteiger partial charge in [0.25, 0.3) is 0 Å². The minimum atomic E-state index is -3.66. The van der Waals surface area contributed by atoms with Gasteiger partial charge in [0.15, 0.2) is 9.84 Å². The molecule has 2 rings (SSSR count). The van der Waals surface area contributed by atoms with Gasteiger partial charge in [-0.25, -0.2) is 12.8 Å². The predicted molar refractivity (Wildman–Crippen MR) is 66.4 cm³/mol. The monoisotopic (exact) mass is 272 g/mol. The molecule has 5 heteroatoms. The zero-order chi connectivity index (χ0) is 13.3. The lowest BCUT2D eigenvalue weighted by Gasteiger charge is -2.31. The van der Waals surface area contributed by atoms with Crippen molar-refractivity contribution in [2.75, 3.05) is 0 Å². The van der Waals surface area contributed by atoms with Gasteiger partial charge >= 0.3 is 0 Å². The maximum atomic E-state index is 13.1. The van der Waals surface area contributed by atoms with Crippen molar-refractivity contribution in [3.63, 3.8) is 0 Å². The van der Waals surface area contributed by atoms with Crippen molar-refractivity contribution in [3.05, 3.63) is 30.1 Å². The predicted octanol–water partition coefficient (Wildman–Crippen LogP) is 2.15. The largest absolute Gasteiger partial charge is 0.392 e. The molecule has 1 saturated carbocycles. The average molecular weight is 272 g/mol. The van der Waals surface area contributed by atoms with Crippen LogP contribution in [0.15, 0.2) is 29.2 Å². The molecule has 3 atom stereocenters. The minimum absolute atomic E-state index is 0.0411. The second-order valence-electron chi connectivity index (χ2n) is 5.03. The second-order valence-corrected chi connectivity index (χ2v) is 7.19. The number of hydrogen-bond donors (Lipinski definition) is 1. The van der Waals surface area contributed by atoms with Crippen LogP contribution < -0.4 is 0 Å². The van der Waals surface area contributed by atoms with Crippen molar-refractivity contribution in [1.82, 2.24) is 0 Å². The fourth-order valence-electron chi connectivity index (χ4n) is 2.46. The van der Waals surface area contributed by atoms with Crippen molar-refractivity contribution in [2.45, 2.75) is 42.4 Å². The number of hydrogen-bond acceptors (Lipinski definition) is 3. The van der Waals surface area contributed by atoms with Gasteiger partial charge in [0, 0.05) is 0 Å². The van der Waals surface area contributed by atoms with Crippen molar-refractivity contribution in [1.29, 1.82) is 0 Å². The zero-order valence-electron chi connectivity index (χ0n) is 10.2. The fourth-order valence-corrected chi connectivity index (χ4v) is 4.49. The van der Waals surface area contributed by atoms with Crippen LogP contribution in [-0.4, -0.2) is 24.9 Å². The highest BCUT2D eigenvalue weighted by Gasteiger charge is 2.37. The Kier molecular flexibility index (Phi) is 3.73. The van der Waals surface area contributed by atoms with Crippen molar-refractivity contribution >= 4 is 9.84 Å². The first-order chi connectivity index (χ1) is 8.41. The van der Waals surface area contributed by atoms with Gasteiger partial charge in [-0.05, 0) is 43.4 Å². The highest BCUT2D eigenvalue weighted by atomic mass is 32.2. The fraction of sp³-hybridized carbons (Fsp3) is 0.538. The summed E-state index contributed by atoms with van der Waals surface area (Å²) >= 11 is 0. The zero-order valence-corrected chi connectivity index (χ0v) is 11.0. The first kappa shape index (κ1) is 13.5. The number of rotatable bonds is 2. The molecule has 0 aliphatic heterocycles. The molecule has 1 aromatic rings. The van der Waals surface area contributed by atoms with Crippen LogP contribution in [0.2, 0.25) is 0 Å². The highest BCUT2D eigenvalue weighted by molar-refractivity contribution is 7.92. The van der Waals surface area contributed by atoms with Crippen LogP contribution in [0.3, 0.4) is 0 Å². The lowest BCUT2D eigenvalue weighted by molar-refractivity contribution is 0.116. The average Bonchev–Trinajstić information content (AvgIpc) is 2.32.